The van der Waals surface area contributed by atoms with Gasteiger partial charge >= 0.3 is 5.97 Å². The number of nitrogens with zero attached hydrogens (tertiary/aromatic N) is 1. The van der Waals surface area contributed by atoms with Crippen molar-refractivity contribution in [3.63, 3.8) is 0 Å². The molecule has 1 fully saturated rings. The van der Waals surface area contributed by atoms with Crippen LogP contribution in [0.1, 0.15) is 100 Å². The highest BCUT2D eigenvalue weighted by molar-refractivity contribution is 6.01. The number of aromatic amines is 2. The van der Waals surface area contributed by atoms with Crippen molar-refractivity contribution in [1.82, 2.24) is 62.7 Å². The van der Waals surface area contributed by atoms with Crippen molar-refractivity contribution in [3.05, 3.63) is 138 Å². The second kappa shape index (κ2) is 39.9. The zero-order chi connectivity index (χ0) is 78.0. The zero-order valence-electron chi connectivity index (χ0n) is 59.3. The number of primary amides is 3. The molecule has 1 saturated heterocycles. The number of carboxylic acid groups (broad SMARTS) is 1. The van der Waals surface area contributed by atoms with Gasteiger partial charge in [-0.2, -0.15) is 0 Å². The number of aliphatic carboxylic acids is 1. The van der Waals surface area contributed by atoms with Crippen molar-refractivity contribution < 1.29 is 82.4 Å². The summed E-state index contributed by atoms with van der Waals surface area (Å²) in [6.07, 6.45) is 1.34. The Labute approximate surface area is 615 Å². The van der Waals surface area contributed by atoms with E-state index >= 15 is 0 Å². The number of carbonyl (C=O) groups excluding carboxylic acids is 13. The van der Waals surface area contributed by atoms with Crippen LogP contribution in [0, 0.1) is 5.92 Å². The second-order valence-corrected chi connectivity index (χ2v) is 26.5. The number of nitrogens with two attached hydrogens (primary N) is 5. The number of carbonyl (C=O) groups is 14. The lowest BCUT2D eigenvalue weighted by Gasteiger charge is -2.31. The van der Waals surface area contributed by atoms with Gasteiger partial charge in [0, 0.05) is 72.8 Å². The molecule has 0 bridgehead atoms. The highest BCUT2D eigenvalue weighted by Gasteiger charge is 2.41. The maximum Gasteiger partial charge on any atom is 0.305 e. The average molecular weight is 1480 g/mol. The van der Waals surface area contributed by atoms with Crippen molar-refractivity contribution in [2.75, 3.05) is 19.7 Å². The summed E-state index contributed by atoms with van der Waals surface area (Å²) in [7, 11) is 0. The molecule has 107 heavy (non-hydrogen) atoms. The van der Waals surface area contributed by atoms with Crippen LogP contribution in [0.25, 0.3) is 21.8 Å². The van der Waals surface area contributed by atoms with Crippen LogP contribution in [0.5, 0.6) is 5.75 Å². The number of nitrogens with one attached hydrogen (secondary N) is 11. The lowest BCUT2D eigenvalue weighted by molar-refractivity contribution is -0.141. The lowest BCUT2D eigenvalue weighted by atomic mass is 9.96. The number of benzene rings is 4. The predicted molar refractivity (Wildman–Crippen MR) is 389 cm³/mol. The van der Waals surface area contributed by atoms with Crippen LogP contribution in [-0.2, 0) is 92.8 Å². The summed E-state index contributed by atoms with van der Waals surface area (Å²) in [6, 6.07) is 10.4. The first-order valence-electron chi connectivity index (χ1n) is 35.2. The Hall–Kier alpha value is -11.8. The molecule has 0 aliphatic carbocycles. The fourth-order valence-corrected chi connectivity index (χ4v) is 12.4. The fourth-order valence-electron chi connectivity index (χ4n) is 12.4. The van der Waals surface area contributed by atoms with Crippen molar-refractivity contribution in [1.29, 1.82) is 0 Å². The molecule has 0 unspecified atom stereocenters. The van der Waals surface area contributed by atoms with Crippen LogP contribution in [-0.4, -0.2) is 199 Å². The number of aromatic nitrogens is 2. The number of likely N-dealkylation sites (tertiary alicyclic amines) is 1. The van der Waals surface area contributed by atoms with Crippen LogP contribution in [0.3, 0.4) is 0 Å². The largest absolute Gasteiger partial charge is 0.508 e. The number of aliphatic hydroxyl groups is 1. The molecule has 574 valence electrons. The number of hydrogen-bond donors (Lipinski definition) is 19. The highest BCUT2D eigenvalue weighted by atomic mass is 16.4. The van der Waals surface area contributed by atoms with Gasteiger partial charge in [0.05, 0.1) is 25.5 Å². The molecule has 7 rings (SSSR count). The number of H-pyrrole nitrogens is 2. The monoisotopic (exact) mass is 1480 g/mol. The lowest BCUT2D eigenvalue weighted by Crippen LogP contribution is -2.62. The second-order valence-electron chi connectivity index (χ2n) is 26.5. The number of para-hydroxylation sites is 2. The average Bonchev–Trinajstić information content (AvgIpc) is 1.76. The minimum atomic E-state index is -2.01. The van der Waals surface area contributed by atoms with E-state index in [0.717, 1.165) is 0 Å². The first-order chi connectivity index (χ1) is 51.1. The summed E-state index contributed by atoms with van der Waals surface area (Å²) in [5.74, 6) is -15.5. The van der Waals surface area contributed by atoms with Crippen molar-refractivity contribution >= 4 is 105 Å². The van der Waals surface area contributed by atoms with Gasteiger partial charge in [0.15, 0.2) is 0 Å². The summed E-state index contributed by atoms with van der Waals surface area (Å²) in [6.45, 7) is 2.63. The standard InChI is InChI=1S/C73H95N17O17/c1-3-39(2)62(72(106)87-56(31-41-22-24-44(92)25-23-41)73(107)90-29-13-21-58(90)63(78)97)89-65(99)50(26-27-59(76)93)81-67(101)53(33-43-37-80-49-20-10-8-17-46(43)49)84-69(103)54(34-60(77)94)85-71(105)57(38-91)88-66(100)51(30-40-14-5-4-6-15-40)83-70(104)55(35-61(95)96)86-68(102)52(82-64(98)47(75)18-11-12-28-74)32-42-36-79-48-19-9-7-16-45(42)48/h4-10,14-17,19-20,22-25,36-37,39,47,50-58,62,79-80,91-92H,3,11-13,18,21,26-35,38,74-75H2,1-2H3,(H2,76,93)(H2,77,94)(H2,78,97)(H,81,101)(H,82,98)(H,83,104)(H,84,103)(H,85,105)(H,86,102)(H,87,106)(H,88,100)(H,89,99)(H,95,96)/t39-,47-,50-,51-,52-,53-,54-,55-,56-,57-,58-,62-/m0/s1. The SMILES string of the molecule is CC[C@H](C)[C@H](NC(=O)[C@H](CCC(N)=O)NC(=O)[C@H](Cc1c[nH]c2ccccc12)NC(=O)[C@H](CC(N)=O)NC(=O)[C@H](CO)NC(=O)[C@H](Cc1ccccc1)NC(=O)[C@H](CC(=O)O)NC(=O)[C@H](Cc1c[nH]c2ccccc12)NC(=O)[C@@H](N)CCCCN)C(=O)N[C@@H](Cc1ccc(O)cc1)C(=O)N1CCC[C@H]1C(N)=O. The van der Waals surface area contributed by atoms with E-state index in [9.17, 15) is 82.4 Å². The molecular formula is C73H95N17O17. The van der Waals surface area contributed by atoms with Crippen LogP contribution < -0.4 is 76.5 Å². The Balaban J connectivity index is 1.11. The molecule has 24 N–H and O–H groups in total. The Morgan fingerprint density at radius 1 is 0.514 bits per heavy atom. The predicted octanol–water partition coefficient (Wildman–Crippen LogP) is -2.42. The number of aromatic hydroxyl groups is 1. The molecule has 3 heterocycles. The van der Waals surface area contributed by atoms with Gasteiger partial charge in [-0.3, -0.25) is 67.1 Å². The molecule has 13 amide bonds. The Bertz CT molecular complexity index is 4150. The highest BCUT2D eigenvalue weighted by Crippen LogP contribution is 2.24. The number of phenols is 1. The van der Waals surface area contributed by atoms with Crippen molar-refractivity contribution in [3.8, 4) is 5.75 Å². The van der Waals surface area contributed by atoms with Crippen LogP contribution in [0.4, 0.5) is 0 Å². The Kier molecular flexibility index (Phi) is 30.8. The van der Waals surface area contributed by atoms with Gasteiger partial charge in [-0.15, -0.1) is 0 Å². The summed E-state index contributed by atoms with van der Waals surface area (Å²) < 4.78 is 0. The summed E-state index contributed by atoms with van der Waals surface area (Å²) in [5.41, 5.74) is 31.9. The van der Waals surface area contributed by atoms with Crippen LogP contribution >= 0.6 is 0 Å². The molecule has 34 heteroatoms. The number of amides is 13. The molecule has 34 nitrogen and oxygen atoms in total. The minimum Gasteiger partial charge on any atom is -0.508 e. The fraction of sp³-hybridized carbons (Fsp3) is 0.425. The van der Waals surface area contributed by atoms with E-state index in [1.165, 1.54) is 35.4 Å². The first-order valence-corrected chi connectivity index (χ1v) is 35.2. The van der Waals surface area contributed by atoms with Gasteiger partial charge in [0.2, 0.25) is 76.8 Å². The molecule has 0 radical (unpaired) electrons. The van der Waals surface area contributed by atoms with E-state index < -0.39 is 187 Å². The third-order valence-electron chi connectivity index (χ3n) is 18.5. The number of fused-ring (bicyclic) bond motifs is 2. The van der Waals surface area contributed by atoms with Gasteiger partial charge in [-0.05, 0) is 91.1 Å². The Morgan fingerprint density at radius 3 is 1.50 bits per heavy atom. The quantitative estimate of drug-likeness (QED) is 0.0177. The number of aliphatic hydroxyl groups excluding tert-OH is 1. The number of phenolic OH excluding ortho intramolecular Hbond substituents is 1. The molecule has 1 aliphatic heterocycles. The van der Waals surface area contributed by atoms with Gasteiger partial charge in [-0.25, -0.2) is 0 Å². The third-order valence-corrected chi connectivity index (χ3v) is 18.5. The van der Waals surface area contributed by atoms with Gasteiger partial charge < -0.3 is 107 Å². The number of rotatable bonds is 42. The Morgan fingerprint density at radius 2 is 0.972 bits per heavy atom. The molecule has 2 aromatic heterocycles. The van der Waals surface area contributed by atoms with Crippen LogP contribution in [0.15, 0.2) is 116 Å². The molecule has 12 atom stereocenters. The summed E-state index contributed by atoms with van der Waals surface area (Å²) >= 11 is 0. The molecule has 6 aromatic rings. The van der Waals surface area contributed by atoms with E-state index in [4.69, 9.17) is 28.7 Å². The molecule has 0 saturated carbocycles. The maximum absolute atomic E-state index is 14.9. The summed E-state index contributed by atoms with van der Waals surface area (Å²) in [4.78, 5) is 202. The first kappa shape index (κ1) is 82.5. The van der Waals surface area contributed by atoms with E-state index in [1.54, 1.807) is 98.9 Å². The number of carboxylic acids is 1. The van der Waals surface area contributed by atoms with Crippen LogP contribution in [0.2, 0.25) is 0 Å². The topological polar surface area (TPSA) is 573 Å². The van der Waals surface area contributed by atoms with E-state index in [2.05, 4.69) is 57.8 Å². The third kappa shape index (κ3) is 24.1. The number of hydrogen-bond acceptors (Lipinski definition) is 18. The molecular weight excluding hydrogens is 1390 g/mol. The van der Waals surface area contributed by atoms with E-state index in [-0.39, 0.29) is 57.2 Å². The van der Waals surface area contributed by atoms with Gasteiger partial charge in [-0.1, -0.05) is 106 Å². The van der Waals surface area contributed by atoms with E-state index in [0.29, 0.717) is 69.9 Å². The van der Waals surface area contributed by atoms with Gasteiger partial charge in [0.25, 0.3) is 0 Å². The van der Waals surface area contributed by atoms with Crippen molar-refractivity contribution in [2.24, 2.45) is 34.6 Å². The maximum atomic E-state index is 14.9. The number of unbranched alkanes of at least 4 members (excludes halogenated alkanes) is 1. The zero-order valence-corrected chi connectivity index (χ0v) is 59.3. The normalized spacial score (nSPS) is 15.7. The summed E-state index contributed by atoms with van der Waals surface area (Å²) in [5, 5.41) is 54.6. The van der Waals surface area contributed by atoms with Crippen molar-refractivity contribution in [2.45, 2.75) is 170 Å². The molecule has 0 spiro atoms. The smallest absolute Gasteiger partial charge is 0.305 e. The minimum absolute atomic E-state index is 0.0726. The van der Waals surface area contributed by atoms with Gasteiger partial charge in [0.1, 0.15) is 66.2 Å². The van der Waals surface area contributed by atoms with E-state index in [1.807, 2.05) is 0 Å². The molecule has 4 aromatic carbocycles. The molecule has 1 aliphatic rings.